The molecule has 0 aliphatic carbocycles. The monoisotopic (exact) mass is 552 g/mol. The maximum Gasteiger partial charge on any atom is 0.228 e. The minimum absolute atomic E-state index is 0.0362. The fourth-order valence-corrected chi connectivity index (χ4v) is 6.39. The van der Waals surface area contributed by atoms with E-state index in [4.69, 9.17) is 4.74 Å². The molecule has 1 aliphatic heterocycles. The second kappa shape index (κ2) is 13.4. The lowest BCUT2D eigenvalue weighted by Gasteiger charge is -2.30. The summed E-state index contributed by atoms with van der Waals surface area (Å²) in [7, 11) is -3.74. The Morgan fingerprint density at radius 2 is 1.74 bits per heavy atom. The number of imidazole rings is 1. The third kappa shape index (κ3) is 8.00. The number of aromatic nitrogens is 2. The molecule has 0 radical (unpaired) electrons. The fourth-order valence-electron chi connectivity index (χ4n) is 4.80. The smallest absolute Gasteiger partial charge is 0.228 e. The quantitative estimate of drug-likeness (QED) is 0.339. The van der Waals surface area contributed by atoms with Crippen LogP contribution in [0, 0.1) is 12.8 Å². The van der Waals surface area contributed by atoms with Gasteiger partial charge in [-0.1, -0.05) is 68.4 Å². The van der Waals surface area contributed by atoms with E-state index in [0.717, 1.165) is 36.3 Å². The molecule has 0 bridgehead atoms. The standard InChI is InChI=1S/C30H40N4O4S/c1-24(2)19-29(35)33(14-13-32-15-17-38-18-16-32)22-28-20-31-30(34(28)21-26-10-5-4-6-11-26)39(36,37)23-27-12-8-7-9-25(27)3/h4-12,20,24H,13-19,21-23H2,1-3H3. The fraction of sp³-hybridized carbons (Fsp3) is 0.467. The summed E-state index contributed by atoms with van der Waals surface area (Å²) in [4.78, 5) is 21.9. The van der Waals surface area contributed by atoms with Gasteiger partial charge in [0.2, 0.25) is 20.9 Å². The van der Waals surface area contributed by atoms with Crippen LogP contribution in [-0.2, 0) is 38.2 Å². The molecule has 39 heavy (non-hydrogen) atoms. The van der Waals surface area contributed by atoms with Crippen molar-refractivity contribution < 1.29 is 17.9 Å². The Labute approximate surface area is 232 Å². The highest BCUT2D eigenvalue weighted by atomic mass is 32.2. The van der Waals surface area contributed by atoms with Crippen molar-refractivity contribution >= 4 is 15.7 Å². The molecule has 0 atom stereocenters. The molecule has 1 amide bonds. The topological polar surface area (TPSA) is 84.7 Å². The maximum absolute atomic E-state index is 13.7. The normalized spacial score (nSPS) is 14.6. The van der Waals surface area contributed by atoms with Crippen LogP contribution in [0.4, 0.5) is 0 Å². The highest BCUT2D eigenvalue weighted by Crippen LogP contribution is 2.22. The van der Waals surface area contributed by atoms with E-state index in [0.29, 0.717) is 45.0 Å². The van der Waals surface area contributed by atoms with Crippen LogP contribution in [0.25, 0.3) is 0 Å². The molecule has 0 saturated carbocycles. The van der Waals surface area contributed by atoms with Gasteiger partial charge in [-0.2, -0.15) is 0 Å². The van der Waals surface area contributed by atoms with Gasteiger partial charge in [0.15, 0.2) is 0 Å². The zero-order valence-electron chi connectivity index (χ0n) is 23.3. The molecule has 0 unspecified atom stereocenters. The van der Waals surface area contributed by atoms with Crippen molar-refractivity contribution in [3.8, 4) is 0 Å². The van der Waals surface area contributed by atoms with Gasteiger partial charge in [-0.05, 0) is 29.5 Å². The number of hydrogen-bond acceptors (Lipinski definition) is 6. The molecule has 0 N–H and O–H groups in total. The van der Waals surface area contributed by atoms with Crippen LogP contribution in [0.15, 0.2) is 66.0 Å². The zero-order valence-corrected chi connectivity index (χ0v) is 24.1. The molecule has 210 valence electrons. The van der Waals surface area contributed by atoms with Crippen molar-refractivity contribution in [1.82, 2.24) is 19.4 Å². The van der Waals surface area contributed by atoms with Crippen molar-refractivity contribution in [3.05, 3.63) is 83.2 Å². The number of nitrogens with zero attached hydrogens (tertiary/aromatic N) is 4. The number of sulfone groups is 1. The second-order valence-corrected chi connectivity index (χ2v) is 12.5. The Morgan fingerprint density at radius 1 is 1.05 bits per heavy atom. The summed E-state index contributed by atoms with van der Waals surface area (Å²) in [5.41, 5.74) is 3.36. The molecule has 1 fully saturated rings. The molecular formula is C30H40N4O4S. The van der Waals surface area contributed by atoms with Crippen LogP contribution in [0.3, 0.4) is 0 Å². The molecule has 3 aromatic rings. The Balaban J connectivity index is 1.65. The first-order valence-electron chi connectivity index (χ1n) is 13.7. The lowest BCUT2D eigenvalue weighted by molar-refractivity contribution is -0.133. The van der Waals surface area contributed by atoms with Crippen molar-refractivity contribution in [3.63, 3.8) is 0 Å². The molecule has 4 rings (SSSR count). The number of aryl methyl sites for hydroxylation is 1. The van der Waals surface area contributed by atoms with E-state index in [9.17, 15) is 13.2 Å². The first kappa shape index (κ1) is 29.0. The van der Waals surface area contributed by atoms with Gasteiger partial charge in [-0.3, -0.25) is 9.69 Å². The van der Waals surface area contributed by atoms with Crippen molar-refractivity contribution in [2.75, 3.05) is 39.4 Å². The van der Waals surface area contributed by atoms with E-state index in [1.807, 2.05) is 80.3 Å². The highest BCUT2D eigenvalue weighted by molar-refractivity contribution is 7.90. The van der Waals surface area contributed by atoms with E-state index < -0.39 is 9.84 Å². The van der Waals surface area contributed by atoms with Crippen molar-refractivity contribution in [2.24, 2.45) is 5.92 Å². The molecule has 1 aromatic heterocycles. The number of amides is 1. The predicted molar refractivity (Wildman–Crippen MR) is 152 cm³/mol. The lowest BCUT2D eigenvalue weighted by atomic mass is 10.1. The van der Waals surface area contributed by atoms with E-state index in [2.05, 4.69) is 9.88 Å². The van der Waals surface area contributed by atoms with Gasteiger partial charge >= 0.3 is 0 Å². The predicted octanol–water partition coefficient (Wildman–Crippen LogP) is 3.92. The van der Waals surface area contributed by atoms with Gasteiger partial charge in [-0.15, -0.1) is 0 Å². The number of morpholine rings is 1. The number of carbonyl (C=O) groups excluding carboxylic acids is 1. The average Bonchev–Trinajstić information content (AvgIpc) is 3.31. The largest absolute Gasteiger partial charge is 0.379 e. The summed E-state index contributed by atoms with van der Waals surface area (Å²) in [6.07, 6.45) is 2.06. The second-order valence-electron chi connectivity index (χ2n) is 10.7. The number of ether oxygens (including phenoxy) is 1. The first-order valence-corrected chi connectivity index (χ1v) is 15.3. The molecule has 1 saturated heterocycles. The Bertz CT molecular complexity index is 1330. The van der Waals surface area contributed by atoms with Crippen molar-refractivity contribution in [2.45, 2.75) is 51.2 Å². The molecule has 9 heteroatoms. The third-order valence-electron chi connectivity index (χ3n) is 7.05. The van der Waals surface area contributed by atoms with Crippen LogP contribution in [0.2, 0.25) is 0 Å². The first-order chi connectivity index (χ1) is 18.7. The number of benzene rings is 2. The summed E-state index contributed by atoms with van der Waals surface area (Å²) in [5, 5.41) is 0.0362. The third-order valence-corrected chi connectivity index (χ3v) is 8.62. The summed E-state index contributed by atoms with van der Waals surface area (Å²) in [6.45, 7) is 11.0. The minimum atomic E-state index is -3.74. The van der Waals surface area contributed by atoms with Crippen molar-refractivity contribution in [1.29, 1.82) is 0 Å². The minimum Gasteiger partial charge on any atom is -0.379 e. The van der Waals surface area contributed by atoms with Gasteiger partial charge < -0.3 is 14.2 Å². The van der Waals surface area contributed by atoms with Gasteiger partial charge in [0.1, 0.15) is 0 Å². The summed E-state index contributed by atoms with van der Waals surface area (Å²) in [5.74, 6) is 0.162. The maximum atomic E-state index is 13.7. The summed E-state index contributed by atoms with van der Waals surface area (Å²) < 4.78 is 34.6. The summed E-state index contributed by atoms with van der Waals surface area (Å²) >= 11 is 0. The Kier molecular flexibility index (Phi) is 9.94. The lowest BCUT2D eigenvalue weighted by Crippen LogP contribution is -2.43. The van der Waals surface area contributed by atoms with Gasteiger partial charge in [-0.25, -0.2) is 13.4 Å². The van der Waals surface area contributed by atoms with Crippen LogP contribution >= 0.6 is 0 Å². The number of rotatable bonds is 12. The Hall–Kier alpha value is -3.01. The highest BCUT2D eigenvalue weighted by Gasteiger charge is 2.27. The van der Waals surface area contributed by atoms with E-state index in [-0.39, 0.29) is 22.7 Å². The molecule has 0 spiro atoms. The van der Waals surface area contributed by atoms with Gasteiger partial charge in [0, 0.05) is 32.6 Å². The molecule has 2 heterocycles. The Morgan fingerprint density at radius 3 is 2.44 bits per heavy atom. The van der Waals surface area contributed by atoms with Crippen LogP contribution < -0.4 is 0 Å². The molecule has 2 aromatic carbocycles. The van der Waals surface area contributed by atoms with Gasteiger partial charge in [0.25, 0.3) is 0 Å². The number of carbonyl (C=O) groups is 1. The molecular weight excluding hydrogens is 512 g/mol. The zero-order chi connectivity index (χ0) is 27.8. The average molecular weight is 553 g/mol. The SMILES string of the molecule is Cc1ccccc1CS(=O)(=O)c1ncc(CN(CCN2CCOCC2)C(=O)CC(C)C)n1Cc1ccccc1. The van der Waals surface area contributed by atoms with Gasteiger partial charge in [0.05, 0.1) is 43.9 Å². The van der Waals surface area contributed by atoms with E-state index >= 15 is 0 Å². The van der Waals surface area contributed by atoms with Crippen LogP contribution in [0.5, 0.6) is 0 Å². The van der Waals surface area contributed by atoms with E-state index in [1.165, 1.54) is 0 Å². The molecule has 1 aliphatic rings. The number of hydrogen-bond donors (Lipinski definition) is 0. The van der Waals surface area contributed by atoms with E-state index in [1.54, 1.807) is 10.8 Å². The molecule has 8 nitrogen and oxygen atoms in total. The van der Waals surface area contributed by atoms with Crippen LogP contribution in [-0.4, -0.2) is 73.1 Å². The van der Waals surface area contributed by atoms with Crippen LogP contribution in [0.1, 0.15) is 42.7 Å². The summed E-state index contributed by atoms with van der Waals surface area (Å²) in [6, 6.07) is 17.3.